The number of hydrogen-bond acceptors (Lipinski definition) is 5. The second-order valence-electron chi connectivity index (χ2n) is 5.95. The number of benzene rings is 2. The number of amides is 2. The molecule has 0 fully saturated rings. The van der Waals surface area contributed by atoms with E-state index in [9.17, 15) is 18.8 Å². The molecule has 3 aromatic rings. The van der Waals surface area contributed by atoms with Gasteiger partial charge in [0.15, 0.2) is 18.0 Å². The maximum absolute atomic E-state index is 13.8. The van der Waals surface area contributed by atoms with E-state index in [-0.39, 0.29) is 17.3 Å². The van der Waals surface area contributed by atoms with Crippen LogP contribution in [0, 0.1) is 12.7 Å². The normalized spacial score (nSPS) is 10.5. The fraction of sp³-hybridized carbons (Fsp3) is 0.150. The average molecular weight is 384 g/mol. The molecule has 2 N–H and O–H groups in total. The Labute approximate surface area is 159 Å². The van der Waals surface area contributed by atoms with E-state index in [1.807, 2.05) is 0 Å². The monoisotopic (exact) mass is 384 g/mol. The van der Waals surface area contributed by atoms with E-state index >= 15 is 0 Å². The highest BCUT2D eigenvalue weighted by molar-refractivity contribution is 5.99. The molecule has 1 aromatic heterocycles. The molecule has 0 atom stereocenters. The Morgan fingerprint density at radius 2 is 1.82 bits per heavy atom. The summed E-state index contributed by atoms with van der Waals surface area (Å²) in [6, 6.07) is 10.6. The summed E-state index contributed by atoms with van der Waals surface area (Å²) in [5.41, 5.74) is 1.28. The topological polar surface area (TPSA) is 97.6 Å². The van der Waals surface area contributed by atoms with Crippen molar-refractivity contribution in [1.82, 2.24) is 5.32 Å². The third-order valence-corrected chi connectivity index (χ3v) is 4.09. The Morgan fingerprint density at radius 1 is 1.11 bits per heavy atom. The molecule has 0 radical (unpaired) electrons. The summed E-state index contributed by atoms with van der Waals surface area (Å²) in [4.78, 5) is 35.7. The van der Waals surface area contributed by atoms with Gasteiger partial charge in [0.1, 0.15) is 0 Å². The van der Waals surface area contributed by atoms with Crippen molar-refractivity contribution in [2.45, 2.75) is 6.92 Å². The van der Waals surface area contributed by atoms with Gasteiger partial charge in [0.25, 0.3) is 11.8 Å². The van der Waals surface area contributed by atoms with E-state index in [1.165, 1.54) is 19.2 Å². The van der Waals surface area contributed by atoms with E-state index in [0.29, 0.717) is 22.2 Å². The molecule has 0 aliphatic carbocycles. The molecule has 28 heavy (non-hydrogen) atoms. The average Bonchev–Trinajstić information content (AvgIpc) is 3.04. The van der Waals surface area contributed by atoms with Gasteiger partial charge in [-0.25, -0.2) is 9.18 Å². The maximum Gasteiger partial charge on any atom is 0.375 e. The van der Waals surface area contributed by atoms with Crippen molar-refractivity contribution in [2.75, 3.05) is 19.0 Å². The first kappa shape index (κ1) is 19.1. The number of carbonyl (C=O) groups is 3. The molecule has 0 aliphatic rings. The van der Waals surface area contributed by atoms with Crippen LogP contribution >= 0.6 is 0 Å². The number of para-hydroxylation sites is 1. The van der Waals surface area contributed by atoms with Crippen molar-refractivity contribution in [3.05, 3.63) is 65.2 Å². The van der Waals surface area contributed by atoms with Crippen molar-refractivity contribution in [2.24, 2.45) is 0 Å². The number of carbonyl (C=O) groups excluding carboxylic acids is 3. The van der Waals surface area contributed by atoms with E-state index in [2.05, 4.69) is 10.6 Å². The number of aryl methyl sites for hydroxylation is 1. The van der Waals surface area contributed by atoms with Gasteiger partial charge in [0.2, 0.25) is 5.76 Å². The second kappa shape index (κ2) is 7.91. The highest BCUT2D eigenvalue weighted by Crippen LogP contribution is 2.27. The molecule has 3 rings (SSSR count). The van der Waals surface area contributed by atoms with E-state index < -0.39 is 24.3 Å². The molecule has 1 heterocycles. The lowest BCUT2D eigenvalue weighted by atomic mass is 10.1. The standard InChI is InChI=1S/C20H17FN2O5/c1-11-14-4-3-5-15(21)18(14)28-17(11)20(26)27-10-16(24)23-13-8-6-12(7-9-13)19(25)22-2/h3-9H,10H2,1-2H3,(H,22,25)(H,23,24). The van der Waals surface area contributed by atoms with Crippen LogP contribution in [0.3, 0.4) is 0 Å². The molecule has 0 saturated heterocycles. The number of nitrogens with one attached hydrogen (secondary N) is 2. The summed E-state index contributed by atoms with van der Waals surface area (Å²) in [5, 5.41) is 5.50. The molecular weight excluding hydrogens is 367 g/mol. The molecule has 2 amide bonds. The van der Waals surface area contributed by atoms with E-state index in [1.54, 1.807) is 37.3 Å². The number of anilines is 1. The summed E-state index contributed by atoms with van der Waals surface area (Å²) in [6.07, 6.45) is 0. The van der Waals surface area contributed by atoms with Gasteiger partial charge < -0.3 is 19.8 Å². The smallest absolute Gasteiger partial charge is 0.375 e. The predicted octanol–water partition coefficient (Wildman–Crippen LogP) is 3.04. The van der Waals surface area contributed by atoms with Gasteiger partial charge in [0, 0.05) is 29.2 Å². The minimum atomic E-state index is -0.863. The molecule has 0 bridgehead atoms. The van der Waals surface area contributed by atoms with Crippen molar-refractivity contribution < 1.29 is 27.9 Å². The summed E-state index contributed by atoms with van der Waals surface area (Å²) in [5.74, 6) is -2.41. The highest BCUT2D eigenvalue weighted by atomic mass is 19.1. The number of fused-ring (bicyclic) bond motifs is 1. The fourth-order valence-electron chi connectivity index (χ4n) is 2.65. The van der Waals surface area contributed by atoms with Gasteiger partial charge in [-0.05, 0) is 37.3 Å². The Morgan fingerprint density at radius 3 is 2.46 bits per heavy atom. The molecule has 7 nitrogen and oxygen atoms in total. The van der Waals surface area contributed by atoms with Crippen LogP contribution in [0.15, 0.2) is 46.9 Å². The lowest BCUT2D eigenvalue weighted by Gasteiger charge is -2.07. The Balaban J connectivity index is 1.62. The van der Waals surface area contributed by atoms with Crippen LogP contribution in [0.5, 0.6) is 0 Å². The lowest BCUT2D eigenvalue weighted by molar-refractivity contribution is -0.119. The minimum absolute atomic E-state index is 0.0346. The number of halogens is 1. The fourth-order valence-corrected chi connectivity index (χ4v) is 2.65. The molecule has 0 unspecified atom stereocenters. The molecule has 144 valence electrons. The minimum Gasteiger partial charge on any atom is -0.450 e. The zero-order valence-electron chi connectivity index (χ0n) is 15.2. The summed E-state index contributed by atoms with van der Waals surface area (Å²) in [6.45, 7) is 1.06. The second-order valence-corrected chi connectivity index (χ2v) is 5.95. The van der Waals surface area contributed by atoms with Crippen molar-refractivity contribution in [1.29, 1.82) is 0 Å². The van der Waals surface area contributed by atoms with Crippen LogP contribution in [0.1, 0.15) is 26.5 Å². The van der Waals surface area contributed by atoms with Crippen LogP contribution in [0.25, 0.3) is 11.0 Å². The zero-order valence-corrected chi connectivity index (χ0v) is 15.2. The molecule has 0 saturated carbocycles. The number of furan rings is 1. The number of ether oxygens (including phenoxy) is 1. The van der Waals surface area contributed by atoms with Gasteiger partial charge >= 0.3 is 5.97 Å². The predicted molar refractivity (Wildman–Crippen MR) is 99.7 cm³/mol. The summed E-state index contributed by atoms with van der Waals surface area (Å²) < 4.78 is 24.0. The number of hydrogen-bond donors (Lipinski definition) is 2. The first-order valence-corrected chi connectivity index (χ1v) is 8.37. The summed E-state index contributed by atoms with van der Waals surface area (Å²) in [7, 11) is 1.52. The van der Waals surface area contributed by atoms with Gasteiger partial charge in [-0.3, -0.25) is 9.59 Å². The molecule has 2 aromatic carbocycles. The Kier molecular flexibility index (Phi) is 5.39. The Hall–Kier alpha value is -3.68. The molecular formula is C20H17FN2O5. The number of rotatable bonds is 5. The van der Waals surface area contributed by atoms with Gasteiger partial charge in [0.05, 0.1) is 0 Å². The van der Waals surface area contributed by atoms with Crippen molar-refractivity contribution >= 4 is 34.4 Å². The first-order valence-electron chi connectivity index (χ1n) is 8.37. The van der Waals surface area contributed by atoms with E-state index in [0.717, 1.165) is 0 Å². The highest BCUT2D eigenvalue weighted by Gasteiger charge is 2.21. The van der Waals surface area contributed by atoms with E-state index in [4.69, 9.17) is 9.15 Å². The quantitative estimate of drug-likeness (QED) is 0.659. The van der Waals surface area contributed by atoms with Crippen LogP contribution in [0.2, 0.25) is 0 Å². The van der Waals surface area contributed by atoms with Crippen LogP contribution in [0.4, 0.5) is 10.1 Å². The van der Waals surface area contributed by atoms with Crippen molar-refractivity contribution in [3.63, 3.8) is 0 Å². The van der Waals surface area contributed by atoms with Gasteiger partial charge in [-0.15, -0.1) is 0 Å². The SMILES string of the molecule is CNC(=O)c1ccc(NC(=O)COC(=O)c2oc3c(F)cccc3c2C)cc1. The van der Waals surface area contributed by atoms with Crippen molar-refractivity contribution in [3.8, 4) is 0 Å². The summed E-state index contributed by atoms with van der Waals surface area (Å²) >= 11 is 0. The zero-order chi connectivity index (χ0) is 20.3. The molecule has 0 aliphatic heterocycles. The maximum atomic E-state index is 13.8. The lowest BCUT2D eigenvalue weighted by Crippen LogP contribution is -2.21. The number of esters is 1. The van der Waals surface area contributed by atoms with Crippen LogP contribution in [-0.4, -0.2) is 31.4 Å². The van der Waals surface area contributed by atoms with Crippen LogP contribution in [-0.2, 0) is 9.53 Å². The van der Waals surface area contributed by atoms with Crippen LogP contribution < -0.4 is 10.6 Å². The molecule has 8 heteroatoms. The third-order valence-electron chi connectivity index (χ3n) is 4.09. The Bertz CT molecular complexity index is 1060. The van der Waals surface area contributed by atoms with Gasteiger partial charge in [-0.1, -0.05) is 12.1 Å². The third kappa shape index (κ3) is 3.85. The van der Waals surface area contributed by atoms with Gasteiger partial charge in [-0.2, -0.15) is 0 Å². The largest absolute Gasteiger partial charge is 0.450 e. The molecule has 0 spiro atoms. The first-order chi connectivity index (χ1) is 13.4.